The van der Waals surface area contributed by atoms with Crippen molar-refractivity contribution in [2.45, 2.75) is 12.5 Å². The fraction of sp³-hybridized carbons (Fsp3) is 0.333. The molecule has 3 rings (SSSR count). The molecule has 1 N–H and O–H groups in total. The van der Waals surface area contributed by atoms with Crippen molar-refractivity contribution in [2.24, 2.45) is 0 Å². The van der Waals surface area contributed by atoms with E-state index in [1.54, 1.807) is 12.4 Å². The van der Waals surface area contributed by atoms with E-state index in [9.17, 15) is 0 Å². The van der Waals surface area contributed by atoms with Crippen LogP contribution in [0.15, 0.2) is 30.6 Å². The van der Waals surface area contributed by atoms with E-state index in [1.165, 1.54) is 0 Å². The van der Waals surface area contributed by atoms with E-state index in [-0.39, 0.29) is 0 Å². The standard InChI is InChI=1S/C12H13N3O/c1-2-11-12(14-5-4-13-11)7-9(1)15-10-3-6-16-8-10/h1-2,4-5,7,10,15H,3,6,8H2. The molecule has 16 heavy (non-hydrogen) atoms. The molecule has 2 heterocycles. The van der Waals surface area contributed by atoms with Crippen LogP contribution in [-0.2, 0) is 4.74 Å². The molecule has 4 heteroatoms. The van der Waals surface area contributed by atoms with Gasteiger partial charge in [0.05, 0.1) is 23.7 Å². The minimum Gasteiger partial charge on any atom is -0.380 e. The largest absolute Gasteiger partial charge is 0.380 e. The van der Waals surface area contributed by atoms with Crippen LogP contribution in [0.25, 0.3) is 11.0 Å². The summed E-state index contributed by atoms with van der Waals surface area (Å²) in [5.41, 5.74) is 2.94. The van der Waals surface area contributed by atoms with Gasteiger partial charge in [-0.05, 0) is 24.6 Å². The number of nitrogens with zero attached hydrogens (tertiary/aromatic N) is 2. The number of rotatable bonds is 2. The first kappa shape index (κ1) is 9.54. The van der Waals surface area contributed by atoms with Gasteiger partial charge in [0.1, 0.15) is 0 Å². The third-order valence-electron chi connectivity index (χ3n) is 2.77. The zero-order valence-electron chi connectivity index (χ0n) is 8.89. The van der Waals surface area contributed by atoms with Crippen LogP contribution in [0.4, 0.5) is 5.69 Å². The summed E-state index contributed by atoms with van der Waals surface area (Å²) in [6, 6.07) is 6.48. The molecule has 1 aromatic heterocycles. The maximum atomic E-state index is 5.33. The van der Waals surface area contributed by atoms with Crippen molar-refractivity contribution in [3.63, 3.8) is 0 Å². The summed E-state index contributed by atoms with van der Waals surface area (Å²) in [6.07, 6.45) is 4.49. The highest BCUT2D eigenvalue weighted by Crippen LogP contribution is 2.18. The van der Waals surface area contributed by atoms with Crippen molar-refractivity contribution < 1.29 is 4.74 Å². The minimum absolute atomic E-state index is 0.425. The van der Waals surface area contributed by atoms with Crippen molar-refractivity contribution in [3.8, 4) is 0 Å². The summed E-state index contributed by atoms with van der Waals surface area (Å²) in [7, 11) is 0. The quantitative estimate of drug-likeness (QED) is 0.830. The Bertz CT molecular complexity index is 494. The van der Waals surface area contributed by atoms with Crippen LogP contribution in [-0.4, -0.2) is 29.2 Å². The average Bonchev–Trinajstić information content (AvgIpc) is 2.82. The Hall–Kier alpha value is -1.68. The SMILES string of the molecule is c1cnc2cc(NC3CCOC3)ccc2n1. The second kappa shape index (κ2) is 4.06. The van der Waals surface area contributed by atoms with Crippen molar-refractivity contribution in [2.75, 3.05) is 18.5 Å². The highest BCUT2D eigenvalue weighted by molar-refractivity contribution is 5.78. The molecule has 0 amide bonds. The van der Waals surface area contributed by atoms with Gasteiger partial charge >= 0.3 is 0 Å². The first-order valence-corrected chi connectivity index (χ1v) is 5.47. The van der Waals surface area contributed by atoms with Gasteiger partial charge in [-0.15, -0.1) is 0 Å². The zero-order valence-corrected chi connectivity index (χ0v) is 8.89. The lowest BCUT2D eigenvalue weighted by Crippen LogP contribution is -2.18. The zero-order chi connectivity index (χ0) is 10.8. The molecule has 0 saturated carbocycles. The molecule has 0 spiro atoms. The predicted molar refractivity (Wildman–Crippen MR) is 62.4 cm³/mol. The van der Waals surface area contributed by atoms with Gasteiger partial charge in [0.15, 0.2) is 0 Å². The normalized spacial score (nSPS) is 20.1. The first-order chi connectivity index (χ1) is 7.92. The van der Waals surface area contributed by atoms with E-state index >= 15 is 0 Å². The van der Waals surface area contributed by atoms with Crippen LogP contribution in [0, 0.1) is 0 Å². The second-order valence-corrected chi connectivity index (χ2v) is 3.96. The summed E-state index contributed by atoms with van der Waals surface area (Å²) < 4.78 is 5.33. The van der Waals surface area contributed by atoms with Crippen LogP contribution in [0.2, 0.25) is 0 Å². The second-order valence-electron chi connectivity index (χ2n) is 3.96. The molecular weight excluding hydrogens is 202 g/mol. The summed E-state index contributed by atoms with van der Waals surface area (Å²) >= 11 is 0. The van der Waals surface area contributed by atoms with Gasteiger partial charge in [-0.3, -0.25) is 9.97 Å². The van der Waals surface area contributed by atoms with Crippen molar-refractivity contribution in [1.82, 2.24) is 9.97 Å². The Labute approximate surface area is 93.7 Å². The Morgan fingerprint density at radius 2 is 2.06 bits per heavy atom. The number of anilines is 1. The number of hydrogen-bond donors (Lipinski definition) is 1. The van der Waals surface area contributed by atoms with Crippen LogP contribution >= 0.6 is 0 Å². The van der Waals surface area contributed by atoms with E-state index in [0.29, 0.717) is 6.04 Å². The van der Waals surface area contributed by atoms with Gasteiger partial charge in [0, 0.05) is 24.7 Å². The molecule has 1 aliphatic heterocycles. The lowest BCUT2D eigenvalue weighted by molar-refractivity contribution is 0.195. The molecule has 1 saturated heterocycles. The average molecular weight is 215 g/mol. The predicted octanol–water partition coefficient (Wildman–Crippen LogP) is 1.83. The maximum absolute atomic E-state index is 5.33. The molecule has 0 aliphatic carbocycles. The number of aromatic nitrogens is 2. The number of fused-ring (bicyclic) bond motifs is 1. The number of benzene rings is 1. The highest BCUT2D eigenvalue weighted by Gasteiger charge is 2.14. The molecule has 1 fully saturated rings. The van der Waals surface area contributed by atoms with Gasteiger partial charge in [-0.25, -0.2) is 0 Å². The molecule has 0 radical (unpaired) electrons. The minimum atomic E-state index is 0.425. The van der Waals surface area contributed by atoms with E-state index in [0.717, 1.165) is 36.4 Å². The van der Waals surface area contributed by atoms with Crippen LogP contribution in [0.1, 0.15) is 6.42 Å². The molecule has 1 aromatic carbocycles. The van der Waals surface area contributed by atoms with Crippen LogP contribution in [0.5, 0.6) is 0 Å². The van der Waals surface area contributed by atoms with E-state index in [2.05, 4.69) is 15.3 Å². The van der Waals surface area contributed by atoms with E-state index in [4.69, 9.17) is 4.74 Å². The van der Waals surface area contributed by atoms with Crippen LogP contribution in [0.3, 0.4) is 0 Å². The van der Waals surface area contributed by atoms with Crippen molar-refractivity contribution >= 4 is 16.7 Å². The highest BCUT2D eigenvalue weighted by atomic mass is 16.5. The smallest absolute Gasteiger partial charge is 0.0907 e. The lowest BCUT2D eigenvalue weighted by atomic mass is 10.2. The monoisotopic (exact) mass is 215 g/mol. The molecule has 0 bridgehead atoms. The third kappa shape index (κ3) is 1.84. The van der Waals surface area contributed by atoms with Crippen LogP contribution < -0.4 is 5.32 Å². The fourth-order valence-electron chi connectivity index (χ4n) is 1.94. The number of ether oxygens (including phenoxy) is 1. The lowest BCUT2D eigenvalue weighted by Gasteiger charge is -2.12. The summed E-state index contributed by atoms with van der Waals surface area (Å²) in [5, 5.41) is 3.44. The molecule has 82 valence electrons. The number of hydrogen-bond acceptors (Lipinski definition) is 4. The van der Waals surface area contributed by atoms with E-state index in [1.807, 2.05) is 18.2 Å². The topological polar surface area (TPSA) is 47.0 Å². The summed E-state index contributed by atoms with van der Waals surface area (Å²) in [6.45, 7) is 1.64. The Morgan fingerprint density at radius 1 is 1.19 bits per heavy atom. The molecule has 1 atom stereocenters. The molecule has 1 unspecified atom stereocenters. The summed E-state index contributed by atoms with van der Waals surface area (Å²) in [4.78, 5) is 8.52. The summed E-state index contributed by atoms with van der Waals surface area (Å²) in [5.74, 6) is 0. The van der Waals surface area contributed by atoms with Gasteiger partial charge in [-0.2, -0.15) is 0 Å². The Kier molecular flexibility index (Phi) is 2.42. The Balaban J connectivity index is 1.86. The number of nitrogens with one attached hydrogen (secondary N) is 1. The van der Waals surface area contributed by atoms with Gasteiger partial charge in [-0.1, -0.05) is 0 Å². The molecule has 1 aliphatic rings. The van der Waals surface area contributed by atoms with Gasteiger partial charge in [0.25, 0.3) is 0 Å². The van der Waals surface area contributed by atoms with Crippen molar-refractivity contribution in [1.29, 1.82) is 0 Å². The third-order valence-corrected chi connectivity index (χ3v) is 2.77. The fourth-order valence-corrected chi connectivity index (χ4v) is 1.94. The van der Waals surface area contributed by atoms with E-state index < -0.39 is 0 Å². The maximum Gasteiger partial charge on any atom is 0.0907 e. The Morgan fingerprint density at radius 3 is 2.88 bits per heavy atom. The molecular formula is C12H13N3O. The van der Waals surface area contributed by atoms with Crippen molar-refractivity contribution in [3.05, 3.63) is 30.6 Å². The van der Waals surface area contributed by atoms with Gasteiger partial charge in [0.2, 0.25) is 0 Å². The molecule has 2 aromatic rings. The first-order valence-electron chi connectivity index (χ1n) is 5.47. The molecule has 4 nitrogen and oxygen atoms in total. The van der Waals surface area contributed by atoms with Gasteiger partial charge < -0.3 is 10.1 Å².